The van der Waals surface area contributed by atoms with E-state index in [1.807, 2.05) is 12.1 Å². The van der Waals surface area contributed by atoms with E-state index < -0.39 is 27.8 Å². The van der Waals surface area contributed by atoms with Crippen molar-refractivity contribution in [3.05, 3.63) is 41.6 Å². The first kappa shape index (κ1) is 19.3. The summed E-state index contributed by atoms with van der Waals surface area (Å²) in [7, 11) is -1.56. The largest absolute Gasteiger partial charge is 0.449 e. The van der Waals surface area contributed by atoms with Crippen molar-refractivity contribution in [1.29, 1.82) is 0 Å². The third kappa shape index (κ3) is 4.10. The van der Waals surface area contributed by atoms with E-state index in [0.29, 0.717) is 28.6 Å². The van der Waals surface area contributed by atoms with Gasteiger partial charge in [0.2, 0.25) is 0 Å². The van der Waals surface area contributed by atoms with Crippen LogP contribution in [0.5, 0.6) is 0 Å². The number of fused-ring (bicyclic) bond motifs is 1. The highest BCUT2D eigenvalue weighted by Crippen LogP contribution is 2.21. The van der Waals surface area contributed by atoms with Crippen LogP contribution < -0.4 is 0 Å². The van der Waals surface area contributed by atoms with Crippen molar-refractivity contribution in [2.24, 2.45) is 0 Å². The number of nitrogens with zero attached hydrogens (tertiary/aromatic N) is 2. The summed E-state index contributed by atoms with van der Waals surface area (Å²) in [5.41, 5.74) is 1.70. The van der Waals surface area contributed by atoms with Gasteiger partial charge in [-0.3, -0.25) is 9.78 Å². The zero-order valence-corrected chi connectivity index (χ0v) is 16.3. The Bertz CT molecular complexity index is 1000. The highest BCUT2D eigenvalue weighted by molar-refractivity contribution is 7.91. The lowest BCUT2D eigenvalue weighted by atomic mass is 10.1. The number of sulfone groups is 1. The van der Waals surface area contributed by atoms with E-state index in [1.165, 1.54) is 11.8 Å². The lowest BCUT2D eigenvalue weighted by molar-refractivity contribution is -0.140. The summed E-state index contributed by atoms with van der Waals surface area (Å²) < 4.78 is 28.6. The van der Waals surface area contributed by atoms with Crippen molar-refractivity contribution in [3.63, 3.8) is 0 Å². The van der Waals surface area contributed by atoms with Crippen molar-refractivity contribution >= 4 is 32.6 Å². The summed E-state index contributed by atoms with van der Waals surface area (Å²) in [4.78, 5) is 31.0. The second-order valence-corrected chi connectivity index (χ2v) is 9.11. The number of aryl methyl sites for hydroxylation is 1. The minimum absolute atomic E-state index is 0.0515. The maximum atomic E-state index is 12.7. The van der Waals surface area contributed by atoms with Crippen LogP contribution in [0.25, 0.3) is 10.9 Å². The minimum atomic E-state index is -3.10. The molecule has 2 heterocycles. The van der Waals surface area contributed by atoms with Crippen LogP contribution in [-0.4, -0.2) is 60.9 Å². The van der Waals surface area contributed by atoms with Gasteiger partial charge in [0.05, 0.1) is 22.6 Å². The van der Waals surface area contributed by atoms with Crippen LogP contribution in [0.1, 0.15) is 29.4 Å². The number of pyridine rings is 1. The number of aromatic nitrogens is 1. The molecule has 3 rings (SSSR count). The molecule has 0 N–H and O–H groups in total. The van der Waals surface area contributed by atoms with Gasteiger partial charge in [-0.05, 0) is 32.4 Å². The number of benzene rings is 1. The van der Waals surface area contributed by atoms with Gasteiger partial charge < -0.3 is 9.64 Å². The lowest BCUT2D eigenvalue weighted by Gasteiger charge is -2.26. The molecule has 1 aromatic carbocycles. The second-order valence-electron chi connectivity index (χ2n) is 6.88. The fourth-order valence-electron chi connectivity index (χ4n) is 3.30. The summed E-state index contributed by atoms with van der Waals surface area (Å²) in [6.45, 7) is 3.28. The molecule has 1 aromatic heterocycles. The first-order valence-corrected chi connectivity index (χ1v) is 10.5. The highest BCUT2D eigenvalue weighted by atomic mass is 32.2. The van der Waals surface area contributed by atoms with E-state index in [4.69, 9.17) is 4.74 Å². The summed E-state index contributed by atoms with van der Waals surface area (Å²) in [5.74, 6) is -0.999. The third-order valence-electron chi connectivity index (χ3n) is 4.80. The van der Waals surface area contributed by atoms with Gasteiger partial charge in [0.15, 0.2) is 15.9 Å². The quantitative estimate of drug-likeness (QED) is 0.738. The van der Waals surface area contributed by atoms with Crippen LogP contribution in [0.2, 0.25) is 0 Å². The molecule has 2 atom stereocenters. The molecule has 1 saturated heterocycles. The minimum Gasteiger partial charge on any atom is -0.449 e. The smallest absolute Gasteiger partial charge is 0.339 e. The fourth-order valence-corrected chi connectivity index (χ4v) is 5.07. The number of carbonyl (C=O) groups is 2. The molecule has 0 aliphatic carbocycles. The Hall–Kier alpha value is -2.48. The normalized spacial score (nSPS) is 19.6. The van der Waals surface area contributed by atoms with Crippen LogP contribution in [0, 0.1) is 6.92 Å². The molecular weight excluding hydrogens is 368 g/mol. The monoisotopic (exact) mass is 390 g/mol. The fraction of sp³-hybridized carbons (Fsp3) is 0.421. The molecule has 0 saturated carbocycles. The SMILES string of the molecule is Cc1cc(C(=O)O[C@H](C)C(=O)N(C)[C@@H]2CCS(=O)(=O)C2)c2ccccc2n1. The zero-order chi connectivity index (χ0) is 19.8. The van der Waals surface area contributed by atoms with Crippen LogP contribution in [0.3, 0.4) is 0 Å². The summed E-state index contributed by atoms with van der Waals surface area (Å²) in [6, 6.07) is 8.48. The number of rotatable bonds is 4. The lowest BCUT2D eigenvalue weighted by Crippen LogP contribution is -2.44. The van der Waals surface area contributed by atoms with E-state index in [-0.39, 0.29) is 17.5 Å². The number of likely N-dealkylation sites (N-methyl/N-ethyl adjacent to an activating group) is 1. The van der Waals surface area contributed by atoms with Gasteiger partial charge in [-0.25, -0.2) is 13.2 Å². The van der Waals surface area contributed by atoms with Crippen LogP contribution >= 0.6 is 0 Å². The molecule has 7 nitrogen and oxygen atoms in total. The molecule has 1 aliphatic rings. The molecule has 0 bridgehead atoms. The number of para-hydroxylation sites is 1. The maximum absolute atomic E-state index is 12.7. The van der Waals surface area contributed by atoms with Gasteiger partial charge in [0, 0.05) is 24.2 Å². The van der Waals surface area contributed by atoms with E-state index >= 15 is 0 Å². The number of hydrogen-bond donors (Lipinski definition) is 0. The third-order valence-corrected chi connectivity index (χ3v) is 6.55. The molecular formula is C19H22N2O5S. The second kappa shape index (κ2) is 7.26. The van der Waals surface area contributed by atoms with E-state index in [1.54, 1.807) is 32.2 Å². The molecule has 0 radical (unpaired) electrons. The first-order valence-electron chi connectivity index (χ1n) is 8.72. The van der Waals surface area contributed by atoms with E-state index in [0.717, 1.165) is 0 Å². The van der Waals surface area contributed by atoms with Gasteiger partial charge in [0.1, 0.15) is 0 Å². The number of esters is 1. The van der Waals surface area contributed by atoms with Gasteiger partial charge in [-0.1, -0.05) is 18.2 Å². The number of hydrogen-bond acceptors (Lipinski definition) is 6. The van der Waals surface area contributed by atoms with Crippen molar-refractivity contribution in [3.8, 4) is 0 Å². The van der Waals surface area contributed by atoms with Gasteiger partial charge in [-0.2, -0.15) is 0 Å². The summed E-state index contributed by atoms with van der Waals surface area (Å²) in [5, 5.41) is 0.656. The molecule has 8 heteroatoms. The van der Waals surface area contributed by atoms with Crippen LogP contribution in [0.4, 0.5) is 0 Å². The van der Waals surface area contributed by atoms with Crippen molar-refractivity contribution in [2.45, 2.75) is 32.4 Å². The molecule has 2 aromatic rings. The predicted molar refractivity (Wildman–Crippen MR) is 101 cm³/mol. The number of carbonyl (C=O) groups excluding carboxylic acids is 2. The number of ether oxygens (including phenoxy) is 1. The standard InChI is InChI=1S/C19H22N2O5S/c1-12-10-16(15-6-4-5-7-17(15)20-12)19(23)26-13(2)18(22)21(3)14-8-9-27(24,25)11-14/h4-7,10,13-14H,8-9,11H2,1-3H3/t13-,14-/m1/s1. The molecule has 0 unspecified atom stereocenters. The average molecular weight is 390 g/mol. The molecule has 1 fully saturated rings. The Balaban J connectivity index is 1.75. The van der Waals surface area contributed by atoms with Crippen LogP contribution in [0.15, 0.2) is 30.3 Å². The molecule has 0 spiro atoms. The average Bonchev–Trinajstić information content (AvgIpc) is 2.99. The highest BCUT2D eigenvalue weighted by Gasteiger charge is 2.35. The van der Waals surface area contributed by atoms with E-state index in [9.17, 15) is 18.0 Å². The zero-order valence-electron chi connectivity index (χ0n) is 15.5. The van der Waals surface area contributed by atoms with Gasteiger partial charge in [-0.15, -0.1) is 0 Å². The Morgan fingerprint density at radius 3 is 2.67 bits per heavy atom. The van der Waals surface area contributed by atoms with Crippen molar-refractivity contribution in [2.75, 3.05) is 18.6 Å². The summed E-state index contributed by atoms with van der Waals surface area (Å²) in [6.07, 6.45) is -0.613. The molecule has 1 amide bonds. The molecule has 144 valence electrons. The maximum Gasteiger partial charge on any atom is 0.339 e. The Morgan fingerprint density at radius 2 is 2.00 bits per heavy atom. The van der Waals surface area contributed by atoms with Crippen molar-refractivity contribution < 1.29 is 22.7 Å². The topological polar surface area (TPSA) is 93.6 Å². The van der Waals surface area contributed by atoms with Crippen molar-refractivity contribution in [1.82, 2.24) is 9.88 Å². The Kier molecular flexibility index (Phi) is 5.19. The number of amides is 1. The van der Waals surface area contributed by atoms with E-state index in [2.05, 4.69) is 4.98 Å². The predicted octanol–water partition coefficient (Wildman–Crippen LogP) is 1.73. The molecule has 1 aliphatic heterocycles. The summed E-state index contributed by atoms with van der Waals surface area (Å²) >= 11 is 0. The van der Waals surface area contributed by atoms with Crippen LogP contribution in [-0.2, 0) is 19.4 Å². The van der Waals surface area contributed by atoms with Gasteiger partial charge >= 0.3 is 5.97 Å². The Labute approximate surface area is 158 Å². The Morgan fingerprint density at radius 1 is 1.30 bits per heavy atom. The first-order chi connectivity index (χ1) is 12.7. The molecule has 27 heavy (non-hydrogen) atoms. The van der Waals surface area contributed by atoms with Gasteiger partial charge in [0.25, 0.3) is 5.91 Å².